The fraction of sp³-hybridized carbons (Fsp3) is 0.318. The van der Waals surface area contributed by atoms with Crippen LogP contribution in [0.25, 0.3) is 11.3 Å². The summed E-state index contributed by atoms with van der Waals surface area (Å²) in [6.07, 6.45) is 5.15. The number of ketones is 1. The number of allylic oxidation sites excluding steroid dienone is 1. The van der Waals surface area contributed by atoms with E-state index in [-0.39, 0.29) is 17.0 Å². The van der Waals surface area contributed by atoms with Crippen LogP contribution in [0.4, 0.5) is 4.39 Å². The van der Waals surface area contributed by atoms with Gasteiger partial charge in [-0.15, -0.1) is 0 Å². The Balaban J connectivity index is 1.84. The second-order valence-electron chi connectivity index (χ2n) is 7.59. The SMILES string of the molecule is CN=CC(NC(=O)C1CCCCC1C(=O)c1ccc(-c2ccn[nH]2)cc1F)=C(N)C(N)=O. The number of aromatic amines is 1. The largest absolute Gasteiger partial charge is 0.393 e. The van der Waals surface area contributed by atoms with E-state index in [9.17, 15) is 18.8 Å². The first-order valence-electron chi connectivity index (χ1n) is 10.2. The lowest BCUT2D eigenvalue weighted by molar-refractivity contribution is -0.126. The molecule has 2 unspecified atom stereocenters. The lowest BCUT2D eigenvalue weighted by Crippen LogP contribution is -2.41. The summed E-state index contributed by atoms with van der Waals surface area (Å²) < 4.78 is 14.8. The summed E-state index contributed by atoms with van der Waals surface area (Å²) in [5, 5.41) is 9.14. The van der Waals surface area contributed by atoms with E-state index in [1.165, 1.54) is 25.4 Å². The van der Waals surface area contributed by atoms with Crippen LogP contribution < -0.4 is 16.8 Å². The summed E-state index contributed by atoms with van der Waals surface area (Å²) in [7, 11) is 1.45. The van der Waals surface area contributed by atoms with Crippen molar-refractivity contribution in [2.45, 2.75) is 25.7 Å². The zero-order valence-corrected chi connectivity index (χ0v) is 17.6. The fourth-order valence-electron chi connectivity index (χ4n) is 3.91. The molecule has 0 spiro atoms. The van der Waals surface area contributed by atoms with Gasteiger partial charge in [0.1, 0.15) is 11.5 Å². The van der Waals surface area contributed by atoms with Crippen LogP contribution in [0.1, 0.15) is 36.0 Å². The van der Waals surface area contributed by atoms with Gasteiger partial charge in [-0.25, -0.2) is 4.39 Å². The highest BCUT2D eigenvalue weighted by Gasteiger charge is 2.37. The summed E-state index contributed by atoms with van der Waals surface area (Å²) in [6, 6.07) is 6.02. The number of Topliss-reactive ketones (excluding diaryl/α,β-unsaturated/α-hetero) is 1. The quantitative estimate of drug-likeness (QED) is 0.293. The summed E-state index contributed by atoms with van der Waals surface area (Å²) >= 11 is 0. The van der Waals surface area contributed by atoms with Crippen LogP contribution in [-0.4, -0.2) is 41.1 Å². The number of rotatable bonds is 7. The van der Waals surface area contributed by atoms with Crippen molar-refractivity contribution in [3.8, 4) is 11.3 Å². The lowest BCUT2D eigenvalue weighted by atomic mass is 9.74. The van der Waals surface area contributed by atoms with E-state index in [0.717, 1.165) is 12.8 Å². The van der Waals surface area contributed by atoms with Crippen LogP contribution in [0.15, 0.2) is 46.8 Å². The molecule has 6 N–H and O–H groups in total. The fourth-order valence-corrected chi connectivity index (χ4v) is 3.91. The van der Waals surface area contributed by atoms with E-state index in [2.05, 4.69) is 20.5 Å². The van der Waals surface area contributed by atoms with Crippen molar-refractivity contribution in [2.75, 3.05) is 7.05 Å². The number of aromatic nitrogens is 2. The molecule has 1 aliphatic carbocycles. The van der Waals surface area contributed by atoms with Crippen molar-refractivity contribution in [3.63, 3.8) is 0 Å². The Morgan fingerprint density at radius 2 is 1.91 bits per heavy atom. The van der Waals surface area contributed by atoms with Crippen molar-refractivity contribution in [2.24, 2.45) is 28.3 Å². The van der Waals surface area contributed by atoms with Gasteiger partial charge in [0.15, 0.2) is 5.78 Å². The number of nitrogens with one attached hydrogen (secondary N) is 2. The smallest absolute Gasteiger partial charge is 0.266 e. The van der Waals surface area contributed by atoms with Gasteiger partial charge in [0, 0.05) is 36.9 Å². The number of amides is 2. The molecule has 1 aromatic heterocycles. The van der Waals surface area contributed by atoms with Crippen LogP contribution in [-0.2, 0) is 9.59 Å². The standard InChI is InChI=1S/C22H25FN6O3/c1-26-11-18(19(24)21(25)31)28-22(32)14-5-3-2-4-13(14)20(30)15-7-6-12(10-16(15)23)17-8-9-27-29-17/h6-11,13-14H,2-5,24H2,1H3,(H2,25,31)(H,27,29)(H,28,32). The molecule has 9 nitrogen and oxygen atoms in total. The van der Waals surface area contributed by atoms with Crippen LogP contribution in [0.2, 0.25) is 0 Å². The normalized spacial score (nSPS) is 19.4. The van der Waals surface area contributed by atoms with Crippen molar-refractivity contribution in [3.05, 3.63) is 53.2 Å². The zero-order chi connectivity index (χ0) is 23.3. The Labute approximate surface area is 184 Å². The molecule has 10 heteroatoms. The minimum Gasteiger partial charge on any atom is -0.393 e. The van der Waals surface area contributed by atoms with Crippen LogP contribution in [0.5, 0.6) is 0 Å². The minimum absolute atomic E-state index is 0.0307. The number of hydrogen-bond donors (Lipinski definition) is 4. The van der Waals surface area contributed by atoms with Gasteiger partial charge in [-0.2, -0.15) is 5.10 Å². The van der Waals surface area contributed by atoms with Crippen LogP contribution in [0, 0.1) is 17.7 Å². The van der Waals surface area contributed by atoms with Crippen LogP contribution in [0.3, 0.4) is 0 Å². The number of nitrogens with two attached hydrogens (primary N) is 2. The second kappa shape index (κ2) is 9.99. The molecule has 1 saturated carbocycles. The molecule has 1 aromatic carbocycles. The maximum Gasteiger partial charge on any atom is 0.266 e. The van der Waals surface area contributed by atoms with Gasteiger partial charge in [0.2, 0.25) is 5.91 Å². The average Bonchev–Trinajstić information content (AvgIpc) is 3.32. The molecule has 0 bridgehead atoms. The minimum atomic E-state index is -0.907. The number of nitrogens with zero attached hydrogens (tertiary/aromatic N) is 2. The monoisotopic (exact) mass is 440 g/mol. The number of halogens is 1. The number of aliphatic imine (C=N–C) groups is 1. The predicted octanol–water partition coefficient (Wildman–Crippen LogP) is 1.68. The number of carbonyl (C=O) groups excluding carboxylic acids is 3. The first-order valence-corrected chi connectivity index (χ1v) is 10.2. The van der Waals surface area contributed by atoms with Gasteiger partial charge in [0.05, 0.1) is 17.0 Å². The van der Waals surface area contributed by atoms with Gasteiger partial charge in [-0.3, -0.25) is 24.5 Å². The Kier molecular flexibility index (Phi) is 7.14. The van der Waals surface area contributed by atoms with Gasteiger partial charge in [-0.05, 0) is 31.0 Å². The highest BCUT2D eigenvalue weighted by Crippen LogP contribution is 2.34. The van der Waals surface area contributed by atoms with Gasteiger partial charge >= 0.3 is 0 Å². The predicted molar refractivity (Wildman–Crippen MR) is 117 cm³/mol. The molecular formula is C22H25FN6O3. The third kappa shape index (κ3) is 4.90. The maximum absolute atomic E-state index is 14.8. The zero-order valence-electron chi connectivity index (χ0n) is 17.6. The lowest BCUT2D eigenvalue weighted by Gasteiger charge is -2.30. The Morgan fingerprint density at radius 3 is 2.50 bits per heavy atom. The number of hydrogen-bond acceptors (Lipinski definition) is 6. The Hall–Kier alpha value is -3.82. The number of primary amides is 1. The second-order valence-corrected chi connectivity index (χ2v) is 7.59. The number of benzene rings is 1. The summed E-state index contributed by atoms with van der Waals surface area (Å²) in [6.45, 7) is 0. The number of H-pyrrole nitrogens is 1. The first kappa shape index (κ1) is 22.9. The van der Waals surface area contributed by atoms with E-state index in [1.54, 1.807) is 18.3 Å². The molecule has 0 radical (unpaired) electrons. The Bertz CT molecular complexity index is 1080. The molecule has 2 amide bonds. The van der Waals surface area contributed by atoms with Gasteiger partial charge < -0.3 is 16.8 Å². The average molecular weight is 440 g/mol. The first-order chi connectivity index (χ1) is 15.3. The molecule has 3 rings (SSSR count). The van der Waals surface area contributed by atoms with Gasteiger partial charge in [0.25, 0.3) is 5.91 Å². The molecule has 32 heavy (non-hydrogen) atoms. The van der Waals surface area contributed by atoms with E-state index >= 15 is 0 Å². The molecule has 1 aliphatic rings. The highest BCUT2D eigenvalue weighted by molar-refractivity contribution is 6.03. The highest BCUT2D eigenvalue weighted by atomic mass is 19.1. The van der Waals surface area contributed by atoms with E-state index in [1.807, 2.05) is 0 Å². The van der Waals surface area contributed by atoms with Gasteiger partial charge in [-0.1, -0.05) is 18.9 Å². The molecular weight excluding hydrogens is 415 g/mol. The summed E-state index contributed by atoms with van der Waals surface area (Å²) in [5.74, 6) is -3.90. The molecule has 2 atom stereocenters. The van der Waals surface area contributed by atoms with E-state index < -0.39 is 35.3 Å². The topological polar surface area (TPSA) is 156 Å². The molecule has 2 aromatic rings. The third-order valence-corrected chi connectivity index (χ3v) is 5.56. The summed E-state index contributed by atoms with van der Waals surface area (Å²) in [4.78, 5) is 41.4. The molecule has 1 heterocycles. The Morgan fingerprint density at radius 1 is 1.19 bits per heavy atom. The van der Waals surface area contributed by atoms with Crippen LogP contribution >= 0.6 is 0 Å². The summed E-state index contributed by atoms with van der Waals surface area (Å²) in [5.41, 5.74) is 11.6. The maximum atomic E-state index is 14.8. The molecule has 1 fully saturated rings. The number of carbonyl (C=O) groups is 3. The van der Waals surface area contributed by atoms with Crippen molar-refractivity contribution >= 4 is 23.8 Å². The molecule has 168 valence electrons. The van der Waals surface area contributed by atoms with Crippen molar-refractivity contribution in [1.82, 2.24) is 15.5 Å². The molecule has 0 saturated heterocycles. The van der Waals surface area contributed by atoms with E-state index in [4.69, 9.17) is 11.5 Å². The van der Waals surface area contributed by atoms with Crippen molar-refractivity contribution < 1.29 is 18.8 Å². The third-order valence-electron chi connectivity index (χ3n) is 5.56. The molecule has 0 aliphatic heterocycles. The van der Waals surface area contributed by atoms with E-state index in [0.29, 0.717) is 24.1 Å². The van der Waals surface area contributed by atoms with Crippen molar-refractivity contribution in [1.29, 1.82) is 0 Å².